The number of benzene rings is 1. The summed E-state index contributed by atoms with van der Waals surface area (Å²) in [4.78, 5) is 24.6. The molecule has 2 aromatic heterocycles. The number of furan rings is 1. The van der Waals surface area contributed by atoms with Crippen LogP contribution in [0.3, 0.4) is 0 Å². The molecule has 152 valence electrons. The van der Waals surface area contributed by atoms with E-state index in [1.807, 2.05) is 31.2 Å². The van der Waals surface area contributed by atoms with E-state index < -0.39 is 4.92 Å². The minimum absolute atomic E-state index is 0.229. The number of nitro groups is 1. The van der Waals surface area contributed by atoms with Crippen molar-refractivity contribution in [3.63, 3.8) is 0 Å². The summed E-state index contributed by atoms with van der Waals surface area (Å²) in [5.41, 5.74) is 2.08. The van der Waals surface area contributed by atoms with Crippen molar-refractivity contribution in [3.8, 4) is 0 Å². The Morgan fingerprint density at radius 3 is 2.80 bits per heavy atom. The quantitative estimate of drug-likeness (QED) is 0.281. The third-order valence-corrected chi connectivity index (χ3v) is 4.88. The van der Waals surface area contributed by atoms with Gasteiger partial charge in [0.15, 0.2) is 5.11 Å². The third kappa shape index (κ3) is 3.72. The van der Waals surface area contributed by atoms with Crippen LogP contribution < -0.4 is 10.2 Å². The van der Waals surface area contributed by atoms with E-state index in [-0.39, 0.29) is 18.3 Å². The summed E-state index contributed by atoms with van der Waals surface area (Å²) in [6, 6.07) is 12.4. The van der Waals surface area contributed by atoms with E-state index in [0.29, 0.717) is 22.3 Å². The number of anilines is 1. The van der Waals surface area contributed by atoms with E-state index in [9.17, 15) is 14.9 Å². The summed E-state index contributed by atoms with van der Waals surface area (Å²) in [7, 11) is 0. The van der Waals surface area contributed by atoms with Gasteiger partial charge in [0.2, 0.25) is 0 Å². The highest BCUT2D eigenvalue weighted by Crippen LogP contribution is 2.26. The average molecular weight is 423 g/mol. The van der Waals surface area contributed by atoms with Crippen LogP contribution in [0, 0.1) is 10.1 Å². The highest BCUT2D eigenvalue weighted by atomic mass is 32.1. The van der Waals surface area contributed by atoms with Crippen LogP contribution in [-0.4, -0.2) is 25.7 Å². The van der Waals surface area contributed by atoms with Crippen molar-refractivity contribution in [2.45, 2.75) is 19.9 Å². The van der Waals surface area contributed by atoms with Gasteiger partial charge in [-0.15, -0.1) is 0 Å². The van der Waals surface area contributed by atoms with Gasteiger partial charge in [0.05, 0.1) is 23.0 Å². The molecule has 1 amide bonds. The number of carbonyl (C=O) groups is 1. The summed E-state index contributed by atoms with van der Waals surface area (Å²) < 4.78 is 7.14. The summed E-state index contributed by atoms with van der Waals surface area (Å²) in [6.07, 6.45) is 3.86. The molecule has 1 aromatic carbocycles. The van der Waals surface area contributed by atoms with Gasteiger partial charge in [-0.2, -0.15) is 4.68 Å². The normalized spacial score (nSPS) is 15.1. The van der Waals surface area contributed by atoms with Gasteiger partial charge in [-0.1, -0.05) is 25.1 Å². The number of hydrogen-bond acceptors (Lipinski definition) is 6. The van der Waals surface area contributed by atoms with Gasteiger partial charge in [0, 0.05) is 6.08 Å². The zero-order chi connectivity index (χ0) is 21.3. The number of carbonyl (C=O) groups excluding carboxylic acids is 1. The number of amides is 1. The number of para-hydroxylation sites is 1. The van der Waals surface area contributed by atoms with Gasteiger partial charge in [-0.25, -0.2) is 0 Å². The Morgan fingerprint density at radius 2 is 2.07 bits per heavy atom. The molecule has 9 nitrogen and oxygen atoms in total. The van der Waals surface area contributed by atoms with E-state index in [1.165, 1.54) is 21.8 Å². The topological polar surface area (TPSA) is 106 Å². The zero-order valence-corrected chi connectivity index (χ0v) is 16.8. The van der Waals surface area contributed by atoms with Crippen molar-refractivity contribution in [2.24, 2.45) is 0 Å². The van der Waals surface area contributed by atoms with Crippen LogP contribution >= 0.6 is 12.2 Å². The van der Waals surface area contributed by atoms with Gasteiger partial charge < -0.3 is 19.8 Å². The Kier molecular flexibility index (Phi) is 5.15. The van der Waals surface area contributed by atoms with Gasteiger partial charge in [0.25, 0.3) is 5.91 Å². The molecule has 0 saturated carbocycles. The molecule has 0 unspecified atom stereocenters. The largest absolute Gasteiger partial charge is 0.460 e. The Morgan fingerprint density at radius 1 is 1.27 bits per heavy atom. The molecule has 4 rings (SSSR count). The Hall–Kier alpha value is -3.79. The smallest absolute Gasteiger partial charge is 0.389 e. The molecule has 1 N–H and O–H groups in total. The predicted octanol–water partition coefficient (Wildman–Crippen LogP) is 3.26. The fourth-order valence-electron chi connectivity index (χ4n) is 3.18. The number of nitrogens with zero attached hydrogens (tertiary/aromatic N) is 4. The van der Waals surface area contributed by atoms with Gasteiger partial charge in [-0.05, 0) is 47.3 Å². The SMILES string of the molecule is CCc1ccccc1N1C(=O)/C(=C\c2ccc(Cn3ccc([N+](=O)[O-])n3)o2)NC1=S. The maximum Gasteiger partial charge on any atom is 0.389 e. The first-order valence-corrected chi connectivity index (χ1v) is 9.58. The highest BCUT2D eigenvalue weighted by molar-refractivity contribution is 7.80. The first kappa shape index (κ1) is 19.5. The molecule has 10 heteroatoms. The number of aromatic nitrogens is 2. The van der Waals surface area contributed by atoms with E-state index in [1.54, 1.807) is 18.2 Å². The second kappa shape index (κ2) is 7.91. The molecule has 0 spiro atoms. The zero-order valence-electron chi connectivity index (χ0n) is 15.9. The van der Waals surface area contributed by atoms with Gasteiger partial charge in [0.1, 0.15) is 23.8 Å². The molecule has 3 aromatic rings. The average Bonchev–Trinajstić information content (AvgIpc) is 3.43. The first-order valence-electron chi connectivity index (χ1n) is 9.18. The summed E-state index contributed by atoms with van der Waals surface area (Å²) in [6.45, 7) is 2.25. The maximum atomic E-state index is 12.9. The number of thiocarbonyl (C=S) groups is 1. The number of aryl methyl sites for hydroxylation is 1. The van der Waals surface area contributed by atoms with E-state index in [2.05, 4.69) is 10.4 Å². The number of rotatable bonds is 6. The van der Waals surface area contributed by atoms with Crippen molar-refractivity contribution < 1.29 is 14.1 Å². The van der Waals surface area contributed by atoms with Crippen LogP contribution in [0.4, 0.5) is 11.5 Å². The van der Waals surface area contributed by atoms with E-state index in [4.69, 9.17) is 16.6 Å². The van der Waals surface area contributed by atoms with Crippen molar-refractivity contribution in [1.29, 1.82) is 0 Å². The van der Waals surface area contributed by atoms with E-state index in [0.717, 1.165) is 17.7 Å². The lowest BCUT2D eigenvalue weighted by Gasteiger charge is -2.17. The molecule has 1 fully saturated rings. The lowest BCUT2D eigenvalue weighted by molar-refractivity contribution is -0.389. The standard InChI is InChI=1S/C20H17N5O4S/c1-2-13-5-3-4-6-17(13)24-19(26)16(21-20(24)30)11-14-7-8-15(29-14)12-23-10-9-18(22-23)25(27)28/h3-11H,2,12H2,1H3,(H,21,30)/b16-11+. The molecule has 0 atom stereocenters. The predicted molar refractivity (Wildman–Crippen MR) is 114 cm³/mol. The monoisotopic (exact) mass is 423 g/mol. The van der Waals surface area contributed by atoms with Crippen molar-refractivity contribution in [2.75, 3.05) is 4.90 Å². The summed E-state index contributed by atoms with van der Waals surface area (Å²) in [5.74, 6) is 0.504. The van der Waals surface area contributed by atoms with E-state index >= 15 is 0 Å². The third-order valence-electron chi connectivity index (χ3n) is 4.59. The molecule has 1 saturated heterocycles. The highest BCUT2D eigenvalue weighted by Gasteiger charge is 2.33. The maximum absolute atomic E-state index is 12.9. The molecular weight excluding hydrogens is 406 g/mol. The molecule has 1 aliphatic rings. The van der Waals surface area contributed by atoms with Crippen LogP contribution in [-0.2, 0) is 17.8 Å². The van der Waals surface area contributed by atoms with Crippen molar-refractivity contribution >= 4 is 40.8 Å². The second-order valence-corrected chi connectivity index (χ2v) is 6.93. The second-order valence-electron chi connectivity index (χ2n) is 6.54. The fraction of sp³-hybridized carbons (Fsp3) is 0.150. The lowest BCUT2D eigenvalue weighted by atomic mass is 10.1. The van der Waals surface area contributed by atoms with Gasteiger partial charge >= 0.3 is 5.82 Å². The molecule has 0 radical (unpaired) electrons. The van der Waals surface area contributed by atoms with Crippen LogP contribution in [0.25, 0.3) is 6.08 Å². The van der Waals surface area contributed by atoms with Crippen LogP contribution in [0.1, 0.15) is 24.0 Å². The lowest BCUT2D eigenvalue weighted by Crippen LogP contribution is -2.31. The van der Waals surface area contributed by atoms with Crippen molar-refractivity contribution in [3.05, 3.63) is 81.6 Å². The summed E-state index contributed by atoms with van der Waals surface area (Å²) >= 11 is 5.37. The molecule has 1 aliphatic heterocycles. The molecule has 0 aliphatic carbocycles. The van der Waals surface area contributed by atoms with Crippen LogP contribution in [0.2, 0.25) is 0 Å². The fourth-order valence-corrected chi connectivity index (χ4v) is 3.47. The van der Waals surface area contributed by atoms with Gasteiger partial charge in [-0.3, -0.25) is 9.69 Å². The van der Waals surface area contributed by atoms with Crippen molar-refractivity contribution in [1.82, 2.24) is 15.1 Å². The molecular formula is C20H17N5O4S. The number of hydrogen-bond donors (Lipinski definition) is 1. The van der Waals surface area contributed by atoms with Crippen LogP contribution in [0.5, 0.6) is 0 Å². The Bertz CT molecular complexity index is 1180. The summed E-state index contributed by atoms with van der Waals surface area (Å²) in [5, 5.41) is 17.8. The minimum Gasteiger partial charge on any atom is -0.460 e. The molecule has 30 heavy (non-hydrogen) atoms. The molecule has 3 heterocycles. The Labute approximate surface area is 176 Å². The number of nitrogens with one attached hydrogen (secondary N) is 1. The Balaban J connectivity index is 1.53. The van der Waals surface area contributed by atoms with Crippen LogP contribution in [0.15, 0.2) is 58.8 Å². The molecule has 0 bridgehead atoms. The minimum atomic E-state index is -0.558. The first-order chi connectivity index (χ1) is 14.5.